The van der Waals surface area contributed by atoms with Crippen molar-refractivity contribution in [2.45, 2.75) is 18.9 Å². The van der Waals surface area contributed by atoms with Gasteiger partial charge in [0.15, 0.2) is 0 Å². The first-order chi connectivity index (χ1) is 11.5. The molecule has 2 aromatic carbocycles. The number of nitrogens with zero attached hydrogens (tertiary/aromatic N) is 1. The highest BCUT2D eigenvalue weighted by molar-refractivity contribution is 6.32. The second-order valence-corrected chi connectivity index (χ2v) is 5.73. The van der Waals surface area contributed by atoms with E-state index in [1.54, 1.807) is 36.4 Å². The van der Waals surface area contributed by atoms with Crippen molar-refractivity contribution in [3.8, 4) is 11.8 Å². The molecule has 1 atom stereocenters. The standard InChI is InChI=1S/C18H17ClN2O3.ClH/c19-16-5-4-14(15(10-21)8-18(22)23)7-17(16)24-11-13-3-1-2-12(6-13)9-20;/h1-7,15H,8,10-11,21H2,(H,22,23);1H/t15-;/m0./s1. The summed E-state index contributed by atoms with van der Waals surface area (Å²) in [5, 5.41) is 18.3. The Bertz CT molecular complexity index is 775. The molecular weight excluding hydrogens is 363 g/mol. The third-order valence-corrected chi connectivity index (χ3v) is 3.89. The lowest BCUT2D eigenvalue weighted by Gasteiger charge is -2.15. The number of ether oxygens (including phenoxy) is 1. The zero-order valence-corrected chi connectivity index (χ0v) is 14.9. The fraction of sp³-hybridized carbons (Fsp3) is 0.222. The van der Waals surface area contributed by atoms with Gasteiger partial charge in [-0.05, 0) is 41.9 Å². The summed E-state index contributed by atoms with van der Waals surface area (Å²) >= 11 is 6.15. The van der Waals surface area contributed by atoms with Gasteiger partial charge >= 0.3 is 5.97 Å². The van der Waals surface area contributed by atoms with Crippen LogP contribution < -0.4 is 10.5 Å². The van der Waals surface area contributed by atoms with Gasteiger partial charge in [0.2, 0.25) is 0 Å². The predicted octanol–water partition coefficient (Wildman–Crippen LogP) is 3.73. The van der Waals surface area contributed by atoms with E-state index in [1.807, 2.05) is 6.07 Å². The van der Waals surface area contributed by atoms with Gasteiger partial charge in [0, 0.05) is 5.92 Å². The third kappa shape index (κ3) is 5.95. The summed E-state index contributed by atoms with van der Waals surface area (Å²) in [5.74, 6) is -0.749. The Morgan fingerprint density at radius 2 is 2.08 bits per heavy atom. The number of nitriles is 1. The maximum atomic E-state index is 10.9. The lowest BCUT2D eigenvalue weighted by molar-refractivity contribution is -0.137. The van der Waals surface area contributed by atoms with Crippen LogP contribution in [0.3, 0.4) is 0 Å². The second-order valence-electron chi connectivity index (χ2n) is 5.32. The molecule has 25 heavy (non-hydrogen) atoms. The van der Waals surface area contributed by atoms with Crippen LogP contribution in [0.4, 0.5) is 0 Å². The van der Waals surface area contributed by atoms with Crippen LogP contribution in [0.2, 0.25) is 5.02 Å². The van der Waals surface area contributed by atoms with E-state index in [0.717, 1.165) is 11.1 Å². The van der Waals surface area contributed by atoms with Gasteiger partial charge < -0.3 is 15.6 Å². The second kappa shape index (κ2) is 9.90. The van der Waals surface area contributed by atoms with E-state index in [-0.39, 0.29) is 37.9 Å². The zero-order valence-electron chi connectivity index (χ0n) is 13.3. The number of carbonyl (C=O) groups is 1. The van der Waals surface area contributed by atoms with Gasteiger partial charge in [-0.15, -0.1) is 12.4 Å². The Hall–Kier alpha value is -2.26. The van der Waals surface area contributed by atoms with Gasteiger partial charge in [-0.25, -0.2) is 0 Å². The summed E-state index contributed by atoms with van der Waals surface area (Å²) in [4.78, 5) is 10.9. The number of hydrogen-bond donors (Lipinski definition) is 2. The van der Waals surface area contributed by atoms with Crippen molar-refractivity contribution in [1.82, 2.24) is 0 Å². The first-order valence-electron chi connectivity index (χ1n) is 7.36. The summed E-state index contributed by atoms with van der Waals surface area (Å²) in [6.45, 7) is 0.475. The van der Waals surface area contributed by atoms with Crippen molar-refractivity contribution in [2.24, 2.45) is 5.73 Å². The number of nitrogens with two attached hydrogens (primary N) is 1. The van der Waals surface area contributed by atoms with E-state index in [0.29, 0.717) is 16.3 Å². The molecule has 132 valence electrons. The van der Waals surface area contributed by atoms with Crippen molar-refractivity contribution in [3.63, 3.8) is 0 Å². The molecule has 0 unspecified atom stereocenters. The Labute approximate surface area is 157 Å². The van der Waals surface area contributed by atoms with Crippen LogP contribution >= 0.6 is 24.0 Å². The van der Waals surface area contributed by atoms with Gasteiger partial charge in [0.25, 0.3) is 0 Å². The minimum absolute atomic E-state index is 0. The van der Waals surface area contributed by atoms with Crippen molar-refractivity contribution in [2.75, 3.05) is 6.54 Å². The first-order valence-corrected chi connectivity index (χ1v) is 7.74. The van der Waals surface area contributed by atoms with Crippen LogP contribution in [0.15, 0.2) is 42.5 Å². The van der Waals surface area contributed by atoms with Gasteiger partial charge in [0.1, 0.15) is 12.4 Å². The van der Waals surface area contributed by atoms with Gasteiger partial charge in [-0.2, -0.15) is 5.26 Å². The van der Waals surface area contributed by atoms with Crippen LogP contribution in [-0.4, -0.2) is 17.6 Å². The summed E-state index contributed by atoms with van der Waals surface area (Å²) in [6.07, 6.45) is -0.0538. The molecule has 0 fully saturated rings. The summed E-state index contributed by atoms with van der Waals surface area (Å²) in [6, 6.07) is 14.3. The molecule has 2 rings (SSSR count). The molecule has 7 heteroatoms. The van der Waals surface area contributed by atoms with E-state index < -0.39 is 5.97 Å². The van der Waals surface area contributed by atoms with Crippen molar-refractivity contribution in [3.05, 3.63) is 64.2 Å². The number of hydrogen-bond acceptors (Lipinski definition) is 4. The molecule has 5 nitrogen and oxygen atoms in total. The third-order valence-electron chi connectivity index (χ3n) is 3.58. The number of aliphatic carboxylic acids is 1. The molecule has 0 aromatic heterocycles. The van der Waals surface area contributed by atoms with Crippen LogP contribution in [0.5, 0.6) is 5.75 Å². The molecule has 0 heterocycles. The van der Waals surface area contributed by atoms with E-state index in [9.17, 15) is 4.79 Å². The fourth-order valence-corrected chi connectivity index (χ4v) is 2.50. The topological polar surface area (TPSA) is 96.3 Å². The quantitative estimate of drug-likeness (QED) is 0.762. The molecule has 0 amide bonds. The highest BCUT2D eigenvalue weighted by Gasteiger charge is 2.16. The molecule has 2 aromatic rings. The fourth-order valence-electron chi connectivity index (χ4n) is 2.32. The highest BCUT2D eigenvalue weighted by atomic mass is 35.5. The van der Waals surface area contributed by atoms with Crippen LogP contribution in [0.1, 0.15) is 29.0 Å². The molecule has 0 radical (unpaired) electrons. The monoisotopic (exact) mass is 380 g/mol. The molecule has 3 N–H and O–H groups in total. The maximum Gasteiger partial charge on any atom is 0.304 e. The SMILES string of the molecule is Cl.N#Cc1cccc(COc2cc([C@H](CN)CC(=O)O)ccc2Cl)c1. The molecular formula is C18H18Cl2N2O3. The van der Waals surface area contributed by atoms with E-state index in [2.05, 4.69) is 6.07 Å². The predicted molar refractivity (Wildman–Crippen MR) is 98.2 cm³/mol. The average molecular weight is 381 g/mol. The smallest absolute Gasteiger partial charge is 0.304 e. The number of rotatable bonds is 7. The van der Waals surface area contributed by atoms with E-state index in [4.69, 9.17) is 32.4 Å². The molecule has 0 bridgehead atoms. The first kappa shape index (κ1) is 20.8. The molecule has 0 saturated carbocycles. The largest absolute Gasteiger partial charge is 0.487 e. The normalized spacial score (nSPS) is 11.1. The Kier molecular flexibility index (Phi) is 8.23. The minimum atomic E-state index is -0.906. The Morgan fingerprint density at radius 3 is 2.72 bits per heavy atom. The van der Waals surface area contributed by atoms with Gasteiger partial charge in [0.05, 0.1) is 23.1 Å². The van der Waals surface area contributed by atoms with Crippen LogP contribution in [0.25, 0.3) is 0 Å². The highest BCUT2D eigenvalue weighted by Crippen LogP contribution is 2.30. The van der Waals surface area contributed by atoms with Crippen LogP contribution in [-0.2, 0) is 11.4 Å². The summed E-state index contributed by atoms with van der Waals surface area (Å²) in [5.41, 5.74) is 7.84. The number of carboxylic acids is 1. The minimum Gasteiger partial charge on any atom is -0.487 e. The Balaban J connectivity index is 0.00000312. The van der Waals surface area contributed by atoms with Crippen molar-refractivity contribution in [1.29, 1.82) is 5.26 Å². The van der Waals surface area contributed by atoms with E-state index in [1.165, 1.54) is 0 Å². The molecule has 0 aliphatic carbocycles. The maximum absolute atomic E-state index is 10.9. The lowest BCUT2D eigenvalue weighted by Crippen LogP contribution is -2.16. The lowest BCUT2D eigenvalue weighted by atomic mass is 9.96. The van der Waals surface area contributed by atoms with Crippen molar-refractivity contribution < 1.29 is 14.6 Å². The van der Waals surface area contributed by atoms with Crippen molar-refractivity contribution >= 4 is 30.0 Å². The molecule has 0 spiro atoms. The Morgan fingerprint density at radius 1 is 1.32 bits per heavy atom. The number of carboxylic acid groups (broad SMARTS) is 1. The molecule has 0 aliphatic heterocycles. The van der Waals surface area contributed by atoms with Gasteiger partial charge in [-0.3, -0.25) is 4.79 Å². The average Bonchev–Trinajstić information content (AvgIpc) is 2.59. The van der Waals surface area contributed by atoms with E-state index >= 15 is 0 Å². The zero-order chi connectivity index (χ0) is 17.5. The number of benzene rings is 2. The summed E-state index contributed by atoms with van der Waals surface area (Å²) < 4.78 is 5.73. The van der Waals surface area contributed by atoms with Gasteiger partial charge in [-0.1, -0.05) is 29.8 Å². The molecule has 0 aliphatic rings. The molecule has 0 saturated heterocycles. The number of halogens is 2. The van der Waals surface area contributed by atoms with Crippen LogP contribution in [0, 0.1) is 11.3 Å². The summed E-state index contributed by atoms with van der Waals surface area (Å²) in [7, 11) is 0.